The zero-order chi connectivity index (χ0) is 17.2. The van der Waals surface area contributed by atoms with Crippen molar-refractivity contribution < 1.29 is 0 Å². The molecule has 3 aromatic rings. The minimum Gasteiger partial charge on any atom is -0.314 e. The summed E-state index contributed by atoms with van der Waals surface area (Å²) in [4.78, 5) is 2.56. The summed E-state index contributed by atoms with van der Waals surface area (Å²) >= 11 is 0. The van der Waals surface area contributed by atoms with Crippen molar-refractivity contribution in [3.63, 3.8) is 0 Å². The summed E-state index contributed by atoms with van der Waals surface area (Å²) in [6.45, 7) is 6.23. The quantitative estimate of drug-likeness (QED) is 0.765. The van der Waals surface area contributed by atoms with Gasteiger partial charge < -0.3 is 5.32 Å². The molecular weight excluding hydrogens is 346 g/mol. The first-order chi connectivity index (χ1) is 12.2. The molecule has 5 nitrogen and oxygen atoms in total. The van der Waals surface area contributed by atoms with Gasteiger partial charge in [0, 0.05) is 39.3 Å². The molecule has 2 heterocycles. The molecule has 0 spiro atoms. The van der Waals surface area contributed by atoms with Crippen molar-refractivity contribution in [1.29, 1.82) is 0 Å². The SMILES string of the molecule is CCc1ccc(C2CNCCN2Cc2ccc3c(c2)nnn3C)cc1.Cl. The average Bonchev–Trinajstić information content (AvgIpc) is 3.03. The molecule has 1 N–H and O–H groups in total. The zero-order valence-electron chi connectivity index (χ0n) is 15.4. The lowest BCUT2D eigenvalue weighted by Crippen LogP contribution is -2.45. The molecule has 6 heteroatoms. The fourth-order valence-electron chi connectivity index (χ4n) is 3.66. The first-order valence-corrected chi connectivity index (χ1v) is 9.06. The minimum absolute atomic E-state index is 0. The number of piperazine rings is 1. The van der Waals surface area contributed by atoms with Crippen LogP contribution >= 0.6 is 12.4 Å². The van der Waals surface area contributed by atoms with Crippen LogP contribution in [0.2, 0.25) is 0 Å². The topological polar surface area (TPSA) is 46.0 Å². The van der Waals surface area contributed by atoms with Gasteiger partial charge in [0.2, 0.25) is 0 Å². The normalized spacial score (nSPS) is 18.0. The van der Waals surface area contributed by atoms with Gasteiger partial charge >= 0.3 is 0 Å². The van der Waals surface area contributed by atoms with E-state index >= 15 is 0 Å². The van der Waals surface area contributed by atoms with Gasteiger partial charge in [-0.25, -0.2) is 4.68 Å². The van der Waals surface area contributed by atoms with Gasteiger partial charge in [-0.15, -0.1) is 17.5 Å². The van der Waals surface area contributed by atoms with E-state index in [4.69, 9.17) is 0 Å². The lowest BCUT2D eigenvalue weighted by molar-refractivity contribution is 0.154. The number of fused-ring (bicyclic) bond motifs is 1. The Morgan fingerprint density at radius 3 is 2.65 bits per heavy atom. The van der Waals surface area contributed by atoms with E-state index in [-0.39, 0.29) is 12.4 Å². The molecular formula is C20H26ClN5. The third-order valence-electron chi connectivity index (χ3n) is 5.19. The third kappa shape index (κ3) is 3.75. The number of halogens is 1. The van der Waals surface area contributed by atoms with Gasteiger partial charge in [0.05, 0.1) is 5.52 Å². The first kappa shape index (κ1) is 18.8. The van der Waals surface area contributed by atoms with E-state index in [1.807, 2.05) is 11.7 Å². The van der Waals surface area contributed by atoms with Crippen LogP contribution in [0, 0.1) is 0 Å². The maximum absolute atomic E-state index is 4.25. The van der Waals surface area contributed by atoms with Crippen molar-refractivity contribution in [2.45, 2.75) is 25.9 Å². The van der Waals surface area contributed by atoms with Gasteiger partial charge in [-0.2, -0.15) is 0 Å². The van der Waals surface area contributed by atoms with Crippen molar-refractivity contribution in [2.24, 2.45) is 7.05 Å². The van der Waals surface area contributed by atoms with E-state index in [1.165, 1.54) is 16.7 Å². The number of nitrogens with one attached hydrogen (secondary N) is 1. The highest BCUT2D eigenvalue weighted by atomic mass is 35.5. The van der Waals surface area contributed by atoms with Gasteiger partial charge in [-0.05, 0) is 35.2 Å². The Kier molecular flexibility index (Phi) is 5.91. The summed E-state index contributed by atoms with van der Waals surface area (Å²) < 4.78 is 1.82. The van der Waals surface area contributed by atoms with Crippen LogP contribution in [-0.4, -0.2) is 39.5 Å². The largest absolute Gasteiger partial charge is 0.314 e. The smallest absolute Gasteiger partial charge is 0.113 e. The van der Waals surface area contributed by atoms with E-state index in [0.717, 1.165) is 43.6 Å². The van der Waals surface area contributed by atoms with Gasteiger partial charge in [0.15, 0.2) is 0 Å². The highest BCUT2D eigenvalue weighted by molar-refractivity contribution is 5.85. The molecule has 1 saturated heterocycles. The molecule has 1 atom stereocenters. The van der Waals surface area contributed by atoms with Crippen molar-refractivity contribution >= 4 is 23.4 Å². The summed E-state index contributed by atoms with van der Waals surface area (Å²) in [6.07, 6.45) is 1.09. The van der Waals surface area contributed by atoms with Gasteiger partial charge in [0.1, 0.15) is 5.52 Å². The number of rotatable bonds is 4. The summed E-state index contributed by atoms with van der Waals surface area (Å²) in [5, 5.41) is 11.9. The van der Waals surface area contributed by atoms with E-state index in [9.17, 15) is 0 Å². The van der Waals surface area contributed by atoms with E-state index < -0.39 is 0 Å². The Morgan fingerprint density at radius 1 is 1.12 bits per heavy atom. The van der Waals surface area contributed by atoms with E-state index in [2.05, 4.69) is 69.9 Å². The average molecular weight is 372 g/mol. The van der Waals surface area contributed by atoms with Crippen LogP contribution in [0.5, 0.6) is 0 Å². The van der Waals surface area contributed by atoms with Crippen LogP contribution in [0.25, 0.3) is 11.0 Å². The van der Waals surface area contributed by atoms with Crippen molar-refractivity contribution in [1.82, 2.24) is 25.2 Å². The third-order valence-corrected chi connectivity index (χ3v) is 5.19. The second-order valence-corrected chi connectivity index (χ2v) is 6.82. The predicted molar refractivity (Wildman–Crippen MR) is 108 cm³/mol. The van der Waals surface area contributed by atoms with Crippen LogP contribution in [0.15, 0.2) is 42.5 Å². The molecule has 0 aliphatic carbocycles. The first-order valence-electron chi connectivity index (χ1n) is 9.06. The monoisotopic (exact) mass is 371 g/mol. The summed E-state index contributed by atoms with van der Waals surface area (Å²) in [7, 11) is 1.93. The Morgan fingerprint density at radius 2 is 1.88 bits per heavy atom. The Balaban J connectivity index is 0.00000196. The molecule has 1 aliphatic heterocycles. The molecule has 1 aliphatic rings. The van der Waals surface area contributed by atoms with Crippen molar-refractivity contribution in [3.05, 3.63) is 59.2 Å². The van der Waals surface area contributed by atoms with Crippen LogP contribution in [0.3, 0.4) is 0 Å². The molecule has 0 saturated carbocycles. The fourth-order valence-corrected chi connectivity index (χ4v) is 3.66. The van der Waals surface area contributed by atoms with Gasteiger partial charge in [0.25, 0.3) is 0 Å². The second kappa shape index (κ2) is 8.16. The van der Waals surface area contributed by atoms with Gasteiger partial charge in [-0.3, -0.25) is 4.90 Å². The summed E-state index contributed by atoms with van der Waals surface area (Å²) in [6, 6.07) is 16.0. The van der Waals surface area contributed by atoms with Crippen LogP contribution in [0.1, 0.15) is 29.7 Å². The van der Waals surface area contributed by atoms with Crippen LogP contribution in [0.4, 0.5) is 0 Å². The molecule has 0 amide bonds. The number of nitrogens with zero attached hydrogens (tertiary/aromatic N) is 4. The Bertz CT molecular complexity index is 858. The Labute approximate surface area is 160 Å². The standard InChI is InChI=1S/C20H25N5.ClH/c1-3-15-4-7-17(8-5-15)20-13-21-10-11-25(20)14-16-6-9-19-18(12-16)22-23-24(19)2;/h4-9,12,20-21H,3,10-11,13-14H2,1-2H3;1H. The molecule has 1 fully saturated rings. The number of hydrogen-bond acceptors (Lipinski definition) is 4. The predicted octanol–water partition coefficient (Wildman–Crippen LogP) is 3.10. The molecule has 4 rings (SSSR count). The molecule has 0 radical (unpaired) electrons. The molecule has 1 aromatic heterocycles. The lowest BCUT2D eigenvalue weighted by atomic mass is 10.00. The minimum atomic E-state index is 0. The van der Waals surface area contributed by atoms with Crippen LogP contribution < -0.4 is 5.32 Å². The second-order valence-electron chi connectivity index (χ2n) is 6.82. The number of hydrogen-bond donors (Lipinski definition) is 1. The zero-order valence-corrected chi connectivity index (χ0v) is 16.2. The van der Waals surface area contributed by atoms with Crippen molar-refractivity contribution in [2.75, 3.05) is 19.6 Å². The Hall–Kier alpha value is -1.95. The number of benzene rings is 2. The van der Waals surface area contributed by atoms with Gasteiger partial charge in [-0.1, -0.05) is 42.5 Å². The lowest BCUT2D eigenvalue weighted by Gasteiger charge is -2.36. The maximum atomic E-state index is 4.25. The molecule has 0 bridgehead atoms. The number of aryl methyl sites for hydroxylation is 2. The molecule has 138 valence electrons. The molecule has 1 unspecified atom stereocenters. The van der Waals surface area contributed by atoms with E-state index in [1.54, 1.807) is 0 Å². The highest BCUT2D eigenvalue weighted by Gasteiger charge is 2.23. The number of aromatic nitrogens is 3. The molecule has 26 heavy (non-hydrogen) atoms. The molecule has 2 aromatic carbocycles. The van der Waals surface area contributed by atoms with E-state index in [0.29, 0.717) is 6.04 Å². The van der Waals surface area contributed by atoms with Crippen molar-refractivity contribution in [3.8, 4) is 0 Å². The fraction of sp³-hybridized carbons (Fsp3) is 0.400. The maximum Gasteiger partial charge on any atom is 0.113 e. The van der Waals surface area contributed by atoms with Crippen LogP contribution in [-0.2, 0) is 20.0 Å². The summed E-state index contributed by atoms with van der Waals surface area (Å²) in [5.74, 6) is 0. The summed E-state index contributed by atoms with van der Waals surface area (Å²) in [5.41, 5.74) is 6.14. The highest BCUT2D eigenvalue weighted by Crippen LogP contribution is 2.25.